The molecule has 0 nitrogen and oxygen atoms in total. The van der Waals surface area contributed by atoms with Gasteiger partial charge in [0.1, 0.15) is 0 Å². The fourth-order valence-corrected chi connectivity index (χ4v) is 8.97. The fraction of sp³-hybridized carbons (Fsp3) is 0. The molecule has 0 saturated carbocycles. The van der Waals surface area contributed by atoms with Crippen molar-refractivity contribution < 1.29 is 28.9 Å². The van der Waals surface area contributed by atoms with Gasteiger partial charge in [-0.2, -0.15) is 0 Å². The first-order valence-electron chi connectivity index (χ1n) is 12.8. The molecular weight excluding hydrogens is 588 g/mol. The van der Waals surface area contributed by atoms with Crippen LogP contribution < -0.4 is 44.2 Å². The molecule has 0 heterocycles. The molecule has 6 rings (SSSR count). The molecule has 6 aromatic rings. The van der Waals surface area contributed by atoms with Crippen LogP contribution in [0, 0.1) is 0 Å². The Balaban J connectivity index is 0.000000210. The van der Waals surface area contributed by atoms with Crippen LogP contribution in [0.5, 0.6) is 0 Å². The Labute approximate surface area is 257 Å². The molecule has 0 atom stereocenters. The Morgan fingerprint density at radius 2 is 0.350 bits per heavy atom. The first kappa shape index (κ1) is 31.5. The summed E-state index contributed by atoms with van der Waals surface area (Å²) < 4.78 is 0. The second kappa shape index (κ2) is 16.9. The van der Waals surface area contributed by atoms with Gasteiger partial charge in [0, 0.05) is 0 Å². The summed E-state index contributed by atoms with van der Waals surface area (Å²) in [7, 11) is -0.892. The topological polar surface area (TPSA) is 0 Å². The van der Waals surface area contributed by atoms with Gasteiger partial charge in [-0.25, -0.2) is 0 Å². The summed E-state index contributed by atoms with van der Waals surface area (Å²) in [4.78, 5) is 0. The van der Waals surface area contributed by atoms with Gasteiger partial charge in [-0.15, -0.1) is 0 Å². The van der Waals surface area contributed by atoms with Crippen molar-refractivity contribution in [2.75, 3.05) is 0 Å². The van der Waals surface area contributed by atoms with Gasteiger partial charge in [0.15, 0.2) is 0 Å². The molecule has 0 aliphatic carbocycles. The molecule has 0 spiro atoms. The predicted molar refractivity (Wildman–Crippen MR) is 170 cm³/mol. The van der Waals surface area contributed by atoms with Crippen molar-refractivity contribution in [3.05, 3.63) is 182 Å². The van der Waals surface area contributed by atoms with Crippen molar-refractivity contribution in [1.29, 1.82) is 0 Å². The van der Waals surface area contributed by atoms with E-state index in [-0.39, 0.29) is 28.9 Å². The minimum Gasteiger partial charge on any atom is -1.00 e. The number of hydrogen-bond acceptors (Lipinski definition) is 0. The third-order valence-corrected chi connectivity index (χ3v) is 11.0. The van der Waals surface area contributed by atoms with E-state index in [1.807, 2.05) is 0 Å². The van der Waals surface area contributed by atoms with Gasteiger partial charge >= 0.3 is 16.5 Å². The molecule has 0 aromatic heterocycles. The molecule has 0 fully saturated rings. The normalized spacial score (nSPS) is 10.1. The quantitative estimate of drug-likeness (QED) is 0.196. The maximum absolute atomic E-state index is 2.23. The van der Waals surface area contributed by atoms with Crippen molar-refractivity contribution in [3.63, 3.8) is 0 Å². The molecule has 6 aromatic carbocycles. The molecule has 4 heteroatoms. The first-order chi connectivity index (χ1) is 18.9. The van der Waals surface area contributed by atoms with Crippen molar-refractivity contribution in [2.24, 2.45) is 0 Å². The van der Waals surface area contributed by atoms with E-state index in [2.05, 4.69) is 182 Å². The standard InChI is InChI=1S/2C18H15P.ClH.Ni/c2*1-4-10-16(11-5-1)19(17-12-6-2-7-13-17)18-14-8-3-9-15-18;;/h2*1-15H;1H;/q;;;+2/p-1. The molecular formula is C36H30ClNiP2+. The smallest absolute Gasteiger partial charge is 1.00 e. The van der Waals surface area contributed by atoms with Crippen LogP contribution in [0.1, 0.15) is 0 Å². The average molecular weight is 619 g/mol. The second-order valence-corrected chi connectivity index (χ2v) is 13.1. The summed E-state index contributed by atoms with van der Waals surface area (Å²) in [5.74, 6) is 0. The molecule has 0 saturated heterocycles. The zero-order valence-corrected chi connectivity index (χ0v) is 25.4. The zero-order valence-electron chi connectivity index (χ0n) is 21.9. The van der Waals surface area contributed by atoms with Crippen molar-refractivity contribution >= 4 is 47.7 Å². The maximum atomic E-state index is 2.23. The predicted octanol–water partition coefficient (Wildman–Crippen LogP) is 3.89. The Bertz CT molecular complexity index is 1180. The number of rotatable bonds is 6. The van der Waals surface area contributed by atoms with E-state index in [0.29, 0.717) is 0 Å². The van der Waals surface area contributed by atoms with Crippen LogP contribution in [0.25, 0.3) is 0 Å². The van der Waals surface area contributed by atoms with E-state index in [1.54, 1.807) is 0 Å². The van der Waals surface area contributed by atoms with Crippen molar-refractivity contribution in [1.82, 2.24) is 0 Å². The minimum absolute atomic E-state index is 0. The molecule has 0 bridgehead atoms. The summed E-state index contributed by atoms with van der Waals surface area (Å²) >= 11 is 0. The Morgan fingerprint density at radius 1 is 0.225 bits per heavy atom. The van der Waals surface area contributed by atoms with E-state index in [0.717, 1.165) is 0 Å². The summed E-state index contributed by atoms with van der Waals surface area (Å²) in [5, 5.41) is 8.39. The van der Waals surface area contributed by atoms with E-state index >= 15 is 0 Å². The monoisotopic (exact) mass is 617 g/mol. The average Bonchev–Trinajstić information content (AvgIpc) is 3.01. The van der Waals surface area contributed by atoms with Crippen LogP contribution >= 0.6 is 15.8 Å². The number of hydrogen-bond donors (Lipinski definition) is 0. The van der Waals surface area contributed by atoms with Crippen LogP contribution in [0.15, 0.2) is 182 Å². The van der Waals surface area contributed by atoms with Gasteiger partial charge < -0.3 is 12.4 Å². The summed E-state index contributed by atoms with van der Waals surface area (Å²) in [6, 6.07) is 64.7. The Morgan fingerprint density at radius 3 is 0.475 bits per heavy atom. The molecule has 0 amide bonds. The molecule has 200 valence electrons. The van der Waals surface area contributed by atoms with Gasteiger partial charge in [-0.1, -0.05) is 182 Å². The van der Waals surface area contributed by atoms with Crippen LogP contribution in [0.4, 0.5) is 0 Å². The maximum Gasteiger partial charge on any atom is 2.00 e. The molecule has 0 unspecified atom stereocenters. The number of halogens is 1. The van der Waals surface area contributed by atoms with Crippen molar-refractivity contribution in [3.8, 4) is 0 Å². The third kappa shape index (κ3) is 8.48. The van der Waals surface area contributed by atoms with Gasteiger partial charge in [-0.3, -0.25) is 0 Å². The van der Waals surface area contributed by atoms with E-state index in [9.17, 15) is 0 Å². The first-order valence-corrected chi connectivity index (χ1v) is 15.5. The largest absolute Gasteiger partial charge is 2.00 e. The minimum atomic E-state index is -0.446. The molecule has 0 N–H and O–H groups in total. The Kier molecular flexibility index (Phi) is 13.3. The van der Waals surface area contributed by atoms with Gasteiger partial charge in [0.2, 0.25) is 0 Å². The van der Waals surface area contributed by atoms with E-state index in [1.165, 1.54) is 31.8 Å². The van der Waals surface area contributed by atoms with Gasteiger partial charge in [0.25, 0.3) is 0 Å². The zero-order chi connectivity index (χ0) is 25.8. The molecule has 40 heavy (non-hydrogen) atoms. The van der Waals surface area contributed by atoms with Crippen LogP contribution in [-0.4, -0.2) is 0 Å². The SMILES string of the molecule is [Cl-].[Ni+2].c1ccc(P(c2ccccc2)c2ccccc2)cc1.c1ccc(P(c2ccccc2)c2ccccc2)cc1. The molecule has 0 radical (unpaired) electrons. The summed E-state index contributed by atoms with van der Waals surface area (Å²) in [6.45, 7) is 0. The second-order valence-electron chi connectivity index (χ2n) is 8.68. The van der Waals surface area contributed by atoms with Gasteiger partial charge in [-0.05, 0) is 47.7 Å². The summed E-state index contributed by atoms with van der Waals surface area (Å²) in [5.41, 5.74) is 0. The number of benzene rings is 6. The third-order valence-electron chi connectivity index (χ3n) is 6.09. The molecule has 0 aliphatic rings. The fourth-order valence-electron chi connectivity index (χ4n) is 4.36. The van der Waals surface area contributed by atoms with Crippen molar-refractivity contribution in [2.45, 2.75) is 0 Å². The van der Waals surface area contributed by atoms with Gasteiger partial charge in [0.05, 0.1) is 0 Å². The Hall–Kier alpha value is -3.04. The van der Waals surface area contributed by atoms with Crippen LogP contribution in [0.2, 0.25) is 0 Å². The van der Waals surface area contributed by atoms with Crippen LogP contribution in [-0.2, 0) is 16.5 Å². The van der Waals surface area contributed by atoms with E-state index < -0.39 is 15.8 Å². The summed E-state index contributed by atoms with van der Waals surface area (Å²) in [6.07, 6.45) is 0. The van der Waals surface area contributed by atoms with E-state index in [4.69, 9.17) is 0 Å². The molecule has 0 aliphatic heterocycles. The van der Waals surface area contributed by atoms with Crippen LogP contribution in [0.3, 0.4) is 0 Å².